The first-order chi connectivity index (χ1) is 7.36. The highest BCUT2D eigenvalue weighted by Crippen LogP contribution is 2.28. The summed E-state index contributed by atoms with van der Waals surface area (Å²) in [6, 6.07) is 14.1. The number of hydrogen-bond acceptors (Lipinski definition) is 1. The summed E-state index contributed by atoms with van der Waals surface area (Å²) in [6.45, 7) is 0. The van der Waals surface area contributed by atoms with Crippen LogP contribution in [0.1, 0.15) is 0 Å². The van der Waals surface area contributed by atoms with Crippen LogP contribution in [0.25, 0.3) is 21.7 Å². The summed E-state index contributed by atoms with van der Waals surface area (Å²) in [5.41, 5.74) is 0.973. The monoisotopic (exact) mass is 210 g/mol. The van der Waals surface area contributed by atoms with Crippen molar-refractivity contribution in [3.8, 4) is 0 Å². The van der Waals surface area contributed by atoms with E-state index in [1.807, 2.05) is 36.5 Å². The van der Waals surface area contributed by atoms with Crippen molar-refractivity contribution in [3.05, 3.63) is 48.7 Å². The van der Waals surface area contributed by atoms with Crippen molar-refractivity contribution in [1.82, 2.24) is 4.98 Å². The van der Waals surface area contributed by atoms with E-state index in [1.54, 1.807) is 0 Å². The molecule has 0 fully saturated rings. The highest BCUT2D eigenvalue weighted by atomic mass is 32.1. The van der Waals surface area contributed by atoms with Gasteiger partial charge in [0.2, 0.25) is 0 Å². The van der Waals surface area contributed by atoms with Gasteiger partial charge in [0, 0.05) is 21.9 Å². The SMILES string of the molecule is [S]c1cccc2ncc3ccccc3c12. The molecule has 0 spiro atoms. The first-order valence-electron chi connectivity index (χ1n) is 4.80. The molecule has 0 bridgehead atoms. The Balaban J connectivity index is 2.64. The third-order valence-electron chi connectivity index (χ3n) is 2.58. The van der Waals surface area contributed by atoms with E-state index in [1.165, 1.54) is 5.39 Å². The largest absolute Gasteiger partial charge is 0.256 e. The molecule has 1 radical (unpaired) electrons. The van der Waals surface area contributed by atoms with Gasteiger partial charge >= 0.3 is 0 Å². The van der Waals surface area contributed by atoms with Gasteiger partial charge in [0.25, 0.3) is 0 Å². The van der Waals surface area contributed by atoms with Gasteiger partial charge in [0.05, 0.1) is 5.52 Å². The van der Waals surface area contributed by atoms with E-state index in [9.17, 15) is 0 Å². The fraction of sp³-hybridized carbons (Fsp3) is 0. The predicted octanol–water partition coefficient (Wildman–Crippen LogP) is 3.94. The minimum absolute atomic E-state index is 0.872. The molecular weight excluding hydrogens is 202 g/mol. The summed E-state index contributed by atoms with van der Waals surface area (Å²) < 4.78 is 0. The van der Waals surface area contributed by atoms with Crippen LogP contribution in [0.5, 0.6) is 0 Å². The van der Waals surface area contributed by atoms with Gasteiger partial charge in [-0.2, -0.15) is 0 Å². The van der Waals surface area contributed by atoms with E-state index in [2.05, 4.69) is 17.1 Å². The second-order valence-corrected chi connectivity index (χ2v) is 3.94. The first-order valence-corrected chi connectivity index (χ1v) is 5.20. The van der Waals surface area contributed by atoms with Gasteiger partial charge in [-0.15, -0.1) is 0 Å². The maximum Gasteiger partial charge on any atom is 0.0722 e. The number of fused-ring (bicyclic) bond motifs is 3. The standard InChI is InChI=1S/C13H8NS/c15-12-7-3-6-11-13(12)10-5-2-1-4-9(10)8-14-11/h1-8H. The quantitative estimate of drug-likeness (QED) is 0.512. The van der Waals surface area contributed by atoms with Crippen molar-refractivity contribution in [2.45, 2.75) is 4.90 Å². The fourth-order valence-electron chi connectivity index (χ4n) is 1.87. The van der Waals surface area contributed by atoms with Crippen molar-refractivity contribution in [2.75, 3.05) is 0 Å². The lowest BCUT2D eigenvalue weighted by molar-refractivity contribution is 1.42. The number of nitrogens with zero attached hydrogens (tertiary/aromatic N) is 1. The zero-order valence-electron chi connectivity index (χ0n) is 7.97. The number of pyridine rings is 1. The zero-order chi connectivity index (χ0) is 10.3. The van der Waals surface area contributed by atoms with Crippen LogP contribution in [0.15, 0.2) is 53.6 Å². The normalized spacial score (nSPS) is 10.9. The fourth-order valence-corrected chi connectivity index (χ4v) is 2.17. The van der Waals surface area contributed by atoms with Crippen molar-refractivity contribution in [3.63, 3.8) is 0 Å². The van der Waals surface area contributed by atoms with Crippen molar-refractivity contribution >= 4 is 34.3 Å². The summed E-state index contributed by atoms with van der Waals surface area (Å²) in [5.74, 6) is 0. The van der Waals surface area contributed by atoms with E-state index in [0.29, 0.717) is 0 Å². The summed E-state index contributed by atoms with van der Waals surface area (Å²) in [4.78, 5) is 5.28. The van der Waals surface area contributed by atoms with Crippen LogP contribution >= 0.6 is 12.6 Å². The van der Waals surface area contributed by atoms with E-state index in [-0.39, 0.29) is 0 Å². The summed E-state index contributed by atoms with van der Waals surface area (Å²) >= 11 is 5.34. The molecule has 2 heteroatoms. The number of rotatable bonds is 0. The van der Waals surface area contributed by atoms with Crippen LogP contribution in [0.3, 0.4) is 0 Å². The van der Waals surface area contributed by atoms with Gasteiger partial charge in [-0.25, -0.2) is 0 Å². The van der Waals surface area contributed by atoms with Crippen LogP contribution < -0.4 is 0 Å². The Hall–Kier alpha value is -1.67. The Morgan fingerprint density at radius 1 is 0.933 bits per heavy atom. The van der Waals surface area contributed by atoms with Crippen LogP contribution in [0.2, 0.25) is 0 Å². The summed E-state index contributed by atoms with van der Waals surface area (Å²) in [5, 5.41) is 3.42. The summed E-state index contributed by atoms with van der Waals surface area (Å²) in [7, 11) is 0. The molecule has 0 saturated heterocycles. The molecule has 1 heterocycles. The highest BCUT2D eigenvalue weighted by molar-refractivity contribution is 7.80. The van der Waals surface area contributed by atoms with Crippen molar-refractivity contribution < 1.29 is 0 Å². The average molecular weight is 210 g/mol. The highest BCUT2D eigenvalue weighted by Gasteiger charge is 2.03. The molecule has 2 aromatic carbocycles. The Morgan fingerprint density at radius 2 is 1.80 bits per heavy atom. The molecule has 1 nitrogen and oxygen atoms in total. The molecule has 0 saturated carbocycles. The number of aromatic nitrogens is 1. The van der Waals surface area contributed by atoms with Gasteiger partial charge in [0.15, 0.2) is 0 Å². The van der Waals surface area contributed by atoms with E-state index in [4.69, 9.17) is 12.6 Å². The Labute approximate surface area is 93.2 Å². The molecule has 0 atom stereocenters. The molecule has 0 aliphatic carbocycles. The van der Waals surface area contributed by atoms with Gasteiger partial charge in [-0.05, 0) is 17.5 Å². The third-order valence-corrected chi connectivity index (χ3v) is 2.92. The van der Waals surface area contributed by atoms with Crippen LogP contribution in [-0.2, 0) is 0 Å². The first kappa shape index (κ1) is 8.62. The van der Waals surface area contributed by atoms with Crippen LogP contribution in [-0.4, -0.2) is 4.98 Å². The number of benzene rings is 2. The van der Waals surface area contributed by atoms with Crippen LogP contribution in [0.4, 0.5) is 0 Å². The molecule has 1 aromatic heterocycles. The molecule has 15 heavy (non-hydrogen) atoms. The minimum Gasteiger partial charge on any atom is -0.256 e. The van der Waals surface area contributed by atoms with E-state index in [0.717, 1.165) is 21.2 Å². The van der Waals surface area contributed by atoms with Gasteiger partial charge in [-0.3, -0.25) is 4.98 Å². The Bertz CT molecular complexity index is 646. The zero-order valence-corrected chi connectivity index (χ0v) is 8.79. The minimum atomic E-state index is 0.872. The van der Waals surface area contributed by atoms with Gasteiger partial charge in [-0.1, -0.05) is 43.0 Å². The van der Waals surface area contributed by atoms with Gasteiger partial charge < -0.3 is 0 Å². The second kappa shape index (κ2) is 3.17. The molecule has 0 aliphatic rings. The lowest BCUT2D eigenvalue weighted by atomic mass is 10.1. The molecule has 0 aliphatic heterocycles. The van der Waals surface area contributed by atoms with E-state index >= 15 is 0 Å². The average Bonchev–Trinajstić information content (AvgIpc) is 2.29. The smallest absolute Gasteiger partial charge is 0.0722 e. The Morgan fingerprint density at radius 3 is 2.73 bits per heavy atom. The maximum absolute atomic E-state index is 5.34. The van der Waals surface area contributed by atoms with Crippen LogP contribution in [0, 0.1) is 0 Å². The molecular formula is C13H8NS. The topological polar surface area (TPSA) is 12.9 Å². The third kappa shape index (κ3) is 1.26. The molecule has 0 unspecified atom stereocenters. The van der Waals surface area contributed by atoms with Crippen molar-refractivity contribution in [1.29, 1.82) is 0 Å². The predicted molar refractivity (Wildman–Crippen MR) is 65.1 cm³/mol. The van der Waals surface area contributed by atoms with Gasteiger partial charge in [0.1, 0.15) is 0 Å². The lowest BCUT2D eigenvalue weighted by Crippen LogP contribution is -1.82. The molecule has 3 rings (SSSR count). The summed E-state index contributed by atoms with van der Waals surface area (Å²) in [6.07, 6.45) is 1.90. The molecule has 71 valence electrons. The molecule has 0 amide bonds. The number of hydrogen-bond donors (Lipinski definition) is 0. The Kier molecular flexibility index (Phi) is 1.82. The lowest BCUT2D eigenvalue weighted by Gasteiger charge is -2.04. The molecule has 3 aromatic rings. The van der Waals surface area contributed by atoms with E-state index < -0.39 is 0 Å². The molecule has 0 N–H and O–H groups in total. The van der Waals surface area contributed by atoms with Crippen molar-refractivity contribution in [2.24, 2.45) is 0 Å². The second-order valence-electron chi connectivity index (χ2n) is 3.50. The maximum atomic E-state index is 5.34.